The molecule has 33 heavy (non-hydrogen) atoms. The van der Waals surface area contributed by atoms with E-state index in [4.69, 9.17) is 4.99 Å². The third-order valence-corrected chi connectivity index (χ3v) is 7.21. The quantitative estimate of drug-likeness (QED) is 0.495. The Labute approximate surface area is 192 Å². The first kappa shape index (κ1) is 19.9. The third kappa shape index (κ3) is 3.34. The van der Waals surface area contributed by atoms with Crippen molar-refractivity contribution >= 4 is 23.1 Å². The van der Waals surface area contributed by atoms with Crippen molar-refractivity contribution in [2.24, 2.45) is 4.99 Å². The summed E-state index contributed by atoms with van der Waals surface area (Å²) in [5.74, 6) is -0.161. The van der Waals surface area contributed by atoms with Crippen molar-refractivity contribution in [3.05, 3.63) is 126 Å². The molecule has 2 aliphatic rings. The molecule has 6 rings (SSSR count). The average molecular weight is 455 g/mol. The summed E-state index contributed by atoms with van der Waals surface area (Å²) in [6.07, 6.45) is 3.44. The molecule has 0 radical (unpaired) electrons. The number of aromatic nitrogens is 1. The Morgan fingerprint density at radius 3 is 2.67 bits per heavy atom. The van der Waals surface area contributed by atoms with Crippen molar-refractivity contribution < 1.29 is 9.50 Å². The van der Waals surface area contributed by atoms with Crippen LogP contribution < -0.4 is 14.9 Å². The highest BCUT2D eigenvalue weighted by atomic mass is 32.1. The first-order valence-electron chi connectivity index (χ1n) is 10.8. The second kappa shape index (κ2) is 7.67. The number of hydrogen-bond donors (Lipinski definition) is 1. The largest absolute Gasteiger partial charge is 0.508 e. The number of rotatable bonds is 2. The fraction of sp³-hybridized carbons (Fsp3) is 0.111. The summed E-state index contributed by atoms with van der Waals surface area (Å²) >= 11 is 1.33. The van der Waals surface area contributed by atoms with E-state index in [0.717, 1.165) is 40.8 Å². The van der Waals surface area contributed by atoms with Crippen molar-refractivity contribution in [2.75, 3.05) is 0 Å². The van der Waals surface area contributed by atoms with E-state index in [9.17, 15) is 14.3 Å². The standard InChI is InChI=1S/C27H19FN2O2S/c28-19-11-8-18(9-12-19)25-22-13-10-17-5-1-2-7-21(17)24(22)29-27-30(25)26(32)23(33-27)15-16-4-3-6-20(31)14-16/h1-9,11-12,14-15,25,31H,10,13H2/t25-/m1/s1. The predicted octanol–water partition coefficient (Wildman–Crippen LogP) is 4.16. The van der Waals surface area contributed by atoms with E-state index in [-0.39, 0.29) is 23.2 Å². The number of benzene rings is 3. The van der Waals surface area contributed by atoms with Gasteiger partial charge in [0.25, 0.3) is 5.56 Å². The number of phenols is 1. The van der Waals surface area contributed by atoms with Crippen LogP contribution >= 0.6 is 11.3 Å². The minimum Gasteiger partial charge on any atom is -0.508 e. The zero-order valence-corrected chi connectivity index (χ0v) is 18.3. The van der Waals surface area contributed by atoms with Crippen LogP contribution in [0.2, 0.25) is 0 Å². The van der Waals surface area contributed by atoms with Crippen LogP contribution in [0.5, 0.6) is 5.75 Å². The van der Waals surface area contributed by atoms with Gasteiger partial charge in [-0.2, -0.15) is 0 Å². The van der Waals surface area contributed by atoms with Crippen LogP contribution in [0.3, 0.4) is 0 Å². The van der Waals surface area contributed by atoms with Crippen molar-refractivity contribution in [1.82, 2.24) is 4.57 Å². The predicted molar refractivity (Wildman–Crippen MR) is 127 cm³/mol. The monoisotopic (exact) mass is 454 g/mol. The Balaban J connectivity index is 1.63. The van der Waals surface area contributed by atoms with Crippen molar-refractivity contribution in [2.45, 2.75) is 18.9 Å². The first-order valence-corrected chi connectivity index (χ1v) is 11.6. The molecule has 1 aliphatic carbocycles. The zero-order valence-electron chi connectivity index (χ0n) is 17.5. The molecule has 4 nitrogen and oxygen atoms in total. The number of allylic oxidation sites excluding steroid dienone is 1. The molecule has 0 fully saturated rings. The van der Waals surface area contributed by atoms with Gasteiger partial charge in [0.05, 0.1) is 16.3 Å². The molecule has 1 aromatic heterocycles. The average Bonchev–Trinajstić information content (AvgIpc) is 3.13. The molecule has 2 heterocycles. The second-order valence-corrected chi connectivity index (χ2v) is 9.27. The van der Waals surface area contributed by atoms with Gasteiger partial charge < -0.3 is 5.11 Å². The first-order chi connectivity index (χ1) is 16.1. The van der Waals surface area contributed by atoms with Gasteiger partial charge in [0.15, 0.2) is 4.80 Å². The van der Waals surface area contributed by atoms with Gasteiger partial charge in [-0.1, -0.05) is 59.9 Å². The Morgan fingerprint density at radius 1 is 1.03 bits per heavy atom. The molecule has 0 bridgehead atoms. The molecule has 162 valence electrons. The molecular weight excluding hydrogens is 435 g/mol. The van der Waals surface area contributed by atoms with E-state index in [1.165, 1.54) is 29.0 Å². The van der Waals surface area contributed by atoms with E-state index in [1.54, 1.807) is 41.0 Å². The lowest BCUT2D eigenvalue weighted by Gasteiger charge is -2.30. The summed E-state index contributed by atoms with van der Waals surface area (Å²) in [7, 11) is 0. The van der Waals surface area contributed by atoms with E-state index < -0.39 is 0 Å². The maximum atomic E-state index is 13.7. The molecule has 4 aromatic rings. The van der Waals surface area contributed by atoms with Crippen LogP contribution in [-0.4, -0.2) is 9.67 Å². The number of phenolic OH excluding ortho intramolecular Hbond substituents is 1. The molecule has 0 spiro atoms. The van der Waals surface area contributed by atoms with E-state index in [1.807, 2.05) is 18.2 Å². The van der Waals surface area contributed by atoms with Gasteiger partial charge in [0.1, 0.15) is 11.6 Å². The van der Waals surface area contributed by atoms with Crippen molar-refractivity contribution in [3.8, 4) is 5.75 Å². The molecule has 0 amide bonds. The minimum atomic E-state index is -0.337. The summed E-state index contributed by atoms with van der Waals surface area (Å²) in [5.41, 5.74) is 5.80. The number of halogens is 1. The number of hydrogen-bond acceptors (Lipinski definition) is 4. The van der Waals surface area contributed by atoms with Gasteiger partial charge in [-0.25, -0.2) is 9.38 Å². The highest BCUT2D eigenvalue weighted by Gasteiger charge is 2.32. The van der Waals surface area contributed by atoms with E-state index in [0.29, 0.717) is 9.33 Å². The number of aromatic hydroxyl groups is 1. The molecular formula is C27H19FN2O2S. The van der Waals surface area contributed by atoms with Crippen LogP contribution in [0.1, 0.15) is 34.7 Å². The topological polar surface area (TPSA) is 54.6 Å². The minimum absolute atomic E-state index is 0.137. The zero-order chi connectivity index (χ0) is 22.5. The molecule has 6 heteroatoms. The highest BCUT2D eigenvalue weighted by molar-refractivity contribution is 7.07. The lowest BCUT2D eigenvalue weighted by molar-refractivity contribution is 0.475. The molecule has 1 N–H and O–H groups in total. The number of aryl methyl sites for hydroxylation is 1. The lowest BCUT2D eigenvalue weighted by Crippen LogP contribution is -2.38. The molecule has 3 aromatic carbocycles. The molecule has 0 unspecified atom stereocenters. The van der Waals surface area contributed by atoms with Crippen LogP contribution in [0.25, 0.3) is 11.8 Å². The molecule has 1 aliphatic heterocycles. The summed E-state index contributed by atoms with van der Waals surface area (Å²) in [5, 5.41) is 9.81. The SMILES string of the molecule is O=c1c(=Cc2cccc(O)c2)sc2n1[C@H](c1ccc(F)cc1)C1=C(N=2)c2ccccc2CC1. The molecule has 1 atom stereocenters. The summed E-state index contributed by atoms with van der Waals surface area (Å²) < 4.78 is 16.0. The second-order valence-electron chi connectivity index (χ2n) is 8.26. The van der Waals surface area contributed by atoms with Crippen molar-refractivity contribution in [1.29, 1.82) is 0 Å². The van der Waals surface area contributed by atoms with Crippen molar-refractivity contribution in [3.63, 3.8) is 0 Å². The highest BCUT2D eigenvalue weighted by Crippen LogP contribution is 2.41. The number of thiazole rings is 1. The van der Waals surface area contributed by atoms with E-state index >= 15 is 0 Å². The van der Waals surface area contributed by atoms with Crippen LogP contribution in [0, 0.1) is 5.82 Å². The molecule has 0 saturated heterocycles. The third-order valence-electron chi connectivity index (χ3n) is 6.23. The Morgan fingerprint density at radius 2 is 1.85 bits per heavy atom. The van der Waals surface area contributed by atoms with Gasteiger partial charge in [-0.15, -0.1) is 0 Å². The number of fused-ring (bicyclic) bond motifs is 3. The Bertz CT molecular complexity index is 1610. The normalized spacial score (nSPS) is 17.2. The summed E-state index contributed by atoms with van der Waals surface area (Å²) in [6.45, 7) is 0. The fourth-order valence-corrected chi connectivity index (χ4v) is 5.73. The van der Waals surface area contributed by atoms with Crippen LogP contribution in [0.4, 0.5) is 4.39 Å². The Hall–Kier alpha value is -3.77. The fourth-order valence-electron chi connectivity index (χ4n) is 4.73. The Kier molecular flexibility index (Phi) is 4.62. The number of nitrogens with zero attached hydrogens (tertiary/aromatic N) is 2. The van der Waals surface area contributed by atoms with Gasteiger partial charge in [-0.3, -0.25) is 9.36 Å². The summed E-state index contributed by atoms with van der Waals surface area (Å²) in [6, 6.07) is 21.1. The van der Waals surface area contributed by atoms with Gasteiger partial charge in [0.2, 0.25) is 0 Å². The summed E-state index contributed by atoms with van der Waals surface area (Å²) in [4.78, 5) is 19.2. The lowest BCUT2D eigenvalue weighted by atomic mass is 9.83. The smallest absolute Gasteiger partial charge is 0.271 e. The van der Waals surface area contributed by atoms with Gasteiger partial charge >= 0.3 is 0 Å². The van der Waals surface area contributed by atoms with Crippen LogP contribution in [0.15, 0.2) is 88.2 Å². The van der Waals surface area contributed by atoms with Gasteiger partial charge in [0, 0.05) is 5.56 Å². The maximum absolute atomic E-state index is 13.7. The van der Waals surface area contributed by atoms with E-state index in [2.05, 4.69) is 12.1 Å². The molecule has 0 saturated carbocycles. The van der Waals surface area contributed by atoms with Crippen LogP contribution in [-0.2, 0) is 6.42 Å². The maximum Gasteiger partial charge on any atom is 0.271 e. The van der Waals surface area contributed by atoms with Gasteiger partial charge in [-0.05, 0) is 65.4 Å².